The number of nitrogen functional groups attached to an aromatic ring is 1. The van der Waals surface area contributed by atoms with Crippen molar-refractivity contribution in [3.63, 3.8) is 0 Å². The molecule has 2 aromatic heterocycles. The van der Waals surface area contributed by atoms with Gasteiger partial charge in [-0.3, -0.25) is 4.79 Å². The Hall–Kier alpha value is -3.33. The van der Waals surface area contributed by atoms with Crippen molar-refractivity contribution in [2.45, 2.75) is 0 Å². The molecule has 3 rings (SSSR count). The predicted octanol–water partition coefficient (Wildman–Crippen LogP) is 1.55. The van der Waals surface area contributed by atoms with Crippen molar-refractivity contribution in [3.05, 3.63) is 53.9 Å². The lowest BCUT2D eigenvalue weighted by atomic mass is 10.1. The predicted molar refractivity (Wildman–Crippen MR) is 78.3 cm³/mol. The van der Waals surface area contributed by atoms with Gasteiger partial charge in [-0.15, -0.1) is 0 Å². The molecule has 0 aliphatic rings. The van der Waals surface area contributed by atoms with Gasteiger partial charge in [0.2, 0.25) is 0 Å². The molecule has 0 saturated carbocycles. The molecule has 0 atom stereocenters. The molecule has 102 valence electrons. The summed E-state index contributed by atoms with van der Waals surface area (Å²) in [7, 11) is 0. The van der Waals surface area contributed by atoms with E-state index in [2.05, 4.69) is 11.2 Å². The highest BCUT2D eigenvalue weighted by Gasteiger charge is 2.12. The molecular weight excluding hydrogens is 266 g/mol. The van der Waals surface area contributed by atoms with Crippen LogP contribution in [0.5, 0.6) is 0 Å². The minimum Gasteiger partial charge on any atom is -0.396 e. The molecule has 2 heterocycles. The average Bonchev–Trinajstić information content (AvgIpc) is 2.92. The Kier molecular flexibility index (Phi) is 2.81. The number of nitrogens with two attached hydrogens (primary N) is 2. The van der Waals surface area contributed by atoms with E-state index in [0.717, 1.165) is 11.1 Å². The molecule has 21 heavy (non-hydrogen) atoms. The van der Waals surface area contributed by atoms with E-state index in [-0.39, 0.29) is 5.56 Å². The zero-order valence-electron chi connectivity index (χ0n) is 10.9. The van der Waals surface area contributed by atoms with Gasteiger partial charge in [-0.2, -0.15) is 10.4 Å². The molecule has 1 aromatic carbocycles. The SMILES string of the molecule is N#Cc1ccc(-c2cc3c(N)c(C(N)=O)cnn3c2)cc1. The van der Waals surface area contributed by atoms with E-state index >= 15 is 0 Å². The summed E-state index contributed by atoms with van der Waals surface area (Å²) in [6.07, 6.45) is 3.16. The van der Waals surface area contributed by atoms with Crippen LogP contribution in [0.4, 0.5) is 5.69 Å². The van der Waals surface area contributed by atoms with Crippen LogP contribution >= 0.6 is 0 Å². The van der Waals surface area contributed by atoms with Gasteiger partial charge in [0, 0.05) is 11.8 Å². The largest absolute Gasteiger partial charge is 0.396 e. The normalized spacial score (nSPS) is 10.4. The van der Waals surface area contributed by atoms with E-state index in [4.69, 9.17) is 16.7 Å². The van der Waals surface area contributed by atoms with E-state index < -0.39 is 5.91 Å². The van der Waals surface area contributed by atoms with Gasteiger partial charge in [0.05, 0.1) is 34.6 Å². The van der Waals surface area contributed by atoms with Gasteiger partial charge >= 0.3 is 0 Å². The zero-order chi connectivity index (χ0) is 15.0. The number of amides is 1. The summed E-state index contributed by atoms with van der Waals surface area (Å²) in [5.41, 5.74) is 14.7. The van der Waals surface area contributed by atoms with Crippen molar-refractivity contribution in [2.75, 3.05) is 5.73 Å². The summed E-state index contributed by atoms with van der Waals surface area (Å²) in [6.45, 7) is 0. The van der Waals surface area contributed by atoms with Crippen molar-refractivity contribution >= 4 is 17.1 Å². The van der Waals surface area contributed by atoms with Gasteiger partial charge in [0.15, 0.2) is 0 Å². The van der Waals surface area contributed by atoms with Crippen molar-refractivity contribution in [3.8, 4) is 17.2 Å². The number of hydrogen-bond donors (Lipinski definition) is 2. The van der Waals surface area contributed by atoms with Gasteiger partial charge in [0.25, 0.3) is 5.91 Å². The second-order valence-corrected chi connectivity index (χ2v) is 4.58. The molecule has 0 aliphatic heterocycles. The first-order valence-electron chi connectivity index (χ1n) is 6.17. The summed E-state index contributed by atoms with van der Waals surface area (Å²) in [6, 6.07) is 11.1. The number of aromatic nitrogens is 2. The topological polar surface area (TPSA) is 110 Å². The monoisotopic (exact) mass is 277 g/mol. The Bertz CT molecular complexity index is 887. The van der Waals surface area contributed by atoms with Gasteiger partial charge in [-0.05, 0) is 23.8 Å². The molecule has 3 aromatic rings. The number of anilines is 1. The minimum absolute atomic E-state index is 0.201. The van der Waals surface area contributed by atoms with Gasteiger partial charge in [-0.1, -0.05) is 12.1 Å². The van der Waals surface area contributed by atoms with Crippen molar-refractivity contribution in [1.29, 1.82) is 5.26 Å². The van der Waals surface area contributed by atoms with Crippen LogP contribution in [0.2, 0.25) is 0 Å². The molecule has 1 amide bonds. The lowest BCUT2D eigenvalue weighted by Gasteiger charge is -2.02. The number of rotatable bonds is 2. The zero-order valence-corrected chi connectivity index (χ0v) is 10.9. The van der Waals surface area contributed by atoms with Crippen LogP contribution in [0.3, 0.4) is 0 Å². The summed E-state index contributed by atoms with van der Waals surface area (Å²) in [4.78, 5) is 11.3. The Morgan fingerprint density at radius 2 is 1.95 bits per heavy atom. The van der Waals surface area contributed by atoms with Crippen LogP contribution in [0.1, 0.15) is 15.9 Å². The van der Waals surface area contributed by atoms with Gasteiger partial charge in [-0.25, -0.2) is 4.52 Å². The maximum atomic E-state index is 11.3. The molecule has 0 fully saturated rings. The van der Waals surface area contributed by atoms with Crippen molar-refractivity contribution in [2.24, 2.45) is 5.73 Å². The number of fused-ring (bicyclic) bond motifs is 1. The molecule has 0 spiro atoms. The number of primary amides is 1. The third-order valence-electron chi connectivity index (χ3n) is 3.29. The van der Waals surface area contributed by atoms with Crippen LogP contribution in [0, 0.1) is 11.3 Å². The van der Waals surface area contributed by atoms with Gasteiger partial charge in [0.1, 0.15) is 0 Å². The van der Waals surface area contributed by atoms with Crippen LogP contribution in [0.15, 0.2) is 42.7 Å². The highest BCUT2D eigenvalue weighted by Crippen LogP contribution is 2.26. The summed E-state index contributed by atoms with van der Waals surface area (Å²) >= 11 is 0. The molecule has 0 aliphatic carbocycles. The summed E-state index contributed by atoms with van der Waals surface area (Å²) in [5.74, 6) is -0.608. The molecule has 0 bridgehead atoms. The van der Waals surface area contributed by atoms with E-state index in [1.54, 1.807) is 22.8 Å². The number of benzene rings is 1. The molecule has 4 N–H and O–H groups in total. The fraction of sp³-hybridized carbons (Fsp3) is 0. The minimum atomic E-state index is -0.608. The maximum Gasteiger partial charge on any atom is 0.252 e. The smallest absolute Gasteiger partial charge is 0.252 e. The fourth-order valence-electron chi connectivity index (χ4n) is 2.17. The Labute approximate surface area is 120 Å². The number of carbonyl (C=O) groups is 1. The molecular formula is C15H11N5O. The molecule has 6 heteroatoms. The number of nitrogens with zero attached hydrogens (tertiary/aromatic N) is 3. The second-order valence-electron chi connectivity index (χ2n) is 4.58. The van der Waals surface area contributed by atoms with E-state index in [1.807, 2.05) is 18.2 Å². The number of carbonyl (C=O) groups excluding carboxylic acids is 1. The Balaban J connectivity index is 2.14. The van der Waals surface area contributed by atoms with Crippen LogP contribution < -0.4 is 11.5 Å². The molecule has 6 nitrogen and oxygen atoms in total. The lowest BCUT2D eigenvalue weighted by molar-refractivity contribution is 0.100. The first-order chi connectivity index (χ1) is 10.1. The van der Waals surface area contributed by atoms with E-state index in [0.29, 0.717) is 16.8 Å². The van der Waals surface area contributed by atoms with Crippen molar-refractivity contribution in [1.82, 2.24) is 9.61 Å². The Morgan fingerprint density at radius 3 is 2.57 bits per heavy atom. The molecule has 0 unspecified atom stereocenters. The van der Waals surface area contributed by atoms with E-state index in [9.17, 15) is 4.79 Å². The van der Waals surface area contributed by atoms with Crippen molar-refractivity contribution < 1.29 is 4.79 Å². The van der Waals surface area contributed by atoms with Crippen LogP contribution in [-0.4, -0.2) is 15.5 Å². The molecule has 0 saturated heterocycles. The lowest BCUT2D eigenvalue weighted by Crippen LogP contribution is -2.15. The average molecular weight is 277 g/mol. The highest BCUT2D eigenvalue weighted by atomic mass is 16.1. The number of hydrogen-bond acceptors (Lipinski definition) is 4. The third-order valence-corrected chi connectivity index (χ3v) is 3.29. The standard InChI is InChI=1S/C15H11N5O/c16-6-9-1-3-10(4-2-9)11-5-13-14(17)12(15(18)21)7-19-20(13)8-11/h1-5,7-8H,17H2,(H2,18,21). The number of nitriles is 1. The maximum absolute atomic E-state index is 11.3. The highest BCUT2D eigenvalue weighted by molar-refractivity contribution is 6.01. The van der Waals surface area contributed by atoms with Crippen LogP contribution in [0.25, 0.3) is 16.6 Å². The fourth-order valence-corrected chi connectivity index (χ4v) is 2.17. The van der Waals surface area contributed by atoms with Crippen LogP contribution in [-0.2, 0) is 0 Å². The third kappa shape index (κ3) is 2.07. The van der Waals surface area contributed by atoms with Gasteiger partial charge < -0.3 is 11.5 Å². The Morgan fingerprint density at radius 1 is 1.24 bits per heavy atom. The molecule has 0 radical (unpaired) electrons. The summed E-state index contributed by atoms with van der Waals surface area (Å²) in [5, 5.41) is 12.9. The first kappa shape index (κ1) is 12.7. The summed E-state index contributed by atoms with van der Waals surface area (Å²) < 4.78 is 1.59. The first-order valence-corrected chi connectivity index (χ1v) is 6.17. The quantitative estimate of drug-likeness (QED) is 0.740. The van der Waals surface area contributed by atoms with E-state index in [1.165, 1.54) is 6.20 Å². The second kappa shape index (κ2) is 4.65.